The third-order valence-corrected chi connectivity index (χ3v) is 2.23. The maximum Gasteiger partial charge on any atom is 0.416 e. The van der Waals surface area contributed by atoms with E-state index in [4.69, 9.17) is 4.74 Å². The maximum atomic E-state index is 12.2. The van der Waals surface area contributed by atoms with Crippen LogP contribution in [0, 0.1) is 0 Å². The van der Waals surface area contributed by atoms with Gasteiger partial charge in [-0.3, -0.25) is 0 Å². The summed E-state index contributed by atoms with van der Waals surface area (Å²) in [7, 11) is 0. The van der Waals surface area contributed by atoms with Crippen molar-refractivity contribution >= 4 is 12.4 Å². The van der Waals surface area contributed by atoms with Crippen molar-refractivity contribution in [2.24, 2.45) is 0 Å². The number of rotatable bonds is 2. The number of alkyl halides is 3. The molecule has 6 heteroatoms. The normalized spacial score (nSPS) is 16.2. The molecule has 0 radical (unpaired) electrons. The summed E-state index contributed by atoms with van der Waals surface area (Å²) in [6.45, 7) is 1.50. The van der Waals surface area contributed by atoms with Crippen LogP contribution in [0.15, 0.2) is 24.3 Å². The molecule has 1 saturated heterocycles. The number of hydrogen-bond donors (Lipinski definition) is 1. The predicted octanol–water partition coefficient (Wildman–Crippen LogP) is 2.48. The average Bonchev–Trinajstić information content (AvgIpc) is 2.11. The molecule has 1 fully saturated rings. The molecule has 1 aliphatic heterocycles. The van der Waals surface area contributed by atoms with Gasteiger partial charge in [-0.2, -0.15) is 13.2 Å². The predicted molar refractivity (Wildman–Crippen MR) is 56.0 cm³/mol. The zero-order valence-corrected chi connectivity index (χ0v) is 9.07. The summed E-state index contributed by atoms with van der Waals surface area (Å²) >= 11 is 0. The lowest BCUT2D eigenvalue weighted by Gasteiger charge is -2.27. The molecule has 2 rings (SSSR count). The topological polar surface area (TPSA) is 21.3 Å². The Bertz CT molecular complexity index is 335. The Kier molecular flexibility index (Phi) is 4.04. The SMILES string of the molecule is Cl.FC(F)(F)c1ccc(OC2CNC2)cc1. The van der Waals surface area contributed by atoms with Gasteiger partial charge >= 0.3 is 6.18 Å². The third-order valence-electron chi connectivity index (χ3n) is 2.23. The summed E-state index contributed by atoms with van der Waals surface area (Å²) in [5.74, 6) is 0.481. The standard InChI is InChI=1S/C10H10F3NO.ClH/c11-10(12,13)7-1-3-8(4-2-7)15-9-5-14-6-9;/h1-4,9,14H,5-6H2;1H. The van der Waals surface area contributed by atoms with Crippen molar-refractivity contribution in [2.75, 3.05) is 13.1 Å². The van der Waals surface area contributed by atoms with E-state index in [1.165, 1.54) is 12.1 Å². The van der Waals surface area contributed by atoms with Gasteiger partial charge < -0.3 is 10.1 Å². The van der Waals surface area contributed by atoms with Crippen LogP contribution in [0.1, 0.15) is 5.56 Å². The molecular weight excluding hydrogens is 243 g/mol. The Hall–Kier alpha value is -0.940. The summed E-state index contributed by atoms with van der Waals surface area (Å²) in [6, 6.07) is 4.76. The molecule has 90 valence electrons. The van der Waals surface area contributed by atoms with Crippen LogP contribution in [0.5, 0.6) is 5.75 Å². The van der Waals surface area contributed by atoms with Gasteiger partial charge in [0.1, 0.15) is 11.9 Å². The van der Waals surface area contributed by atoms with Gasteiger partial charge in [-0.15, -0.1) is 12.4 Å². The van der Waals surface area contributed by atoms with E-state index in [0.717, 1.165) is 25.2 Å². The maximum absolute atomic E-state index is 12.2. The number of ether oxygens (including phenoxy) is 1. The van der Waals surface area contributed by atoms with Crippen molar-refractivity contribution in [3.05, 3.63) is 29.8 Å². The van der Waals surface area contributed by atoms with Crippen LogP contribution < -0.4 is 10.1 Å². The highest BCUT2D eigenvalue weighted by atomic mass is 35.5. The molecule has 0 bridgehead atoms. The van der Waals surface area contributed by atoms with Crippen molar-refractivity contribution in [1.29, 1.82) is 0 Å². The summed E-state index contributed by atoms with van der Waals surface area (Å²) in [5.41, 5.74) is -0.651. The highest BCUT2D eigenvalue weighted by molar-refractivity contribution is 5.85. The van der Waals surface area contributed by atoms with Gasteiger partial charge in [-0.05, 0) is 24.3 Å². The van der Waals surface area contributed by atoms with Crippen molar-refractivity contribution in [2.45, 2.75) is 12.3 Å². The van der Waals surface area contributed by atoms with Gasteiger partial charge in [0.2, 0.25) is 0 Å². The molecule has 1 aromatic rings. The lowest BCUT2D eigenvalue weighted by molar-refractivity contribution is -0.137. The largest absolute Gasteiger partial charge is 0.488 e. The first-order chi connectivity index (χ1) is 7.05. The Morgan fingerprint density at radius 3 is 2.06 bits per heavy atom. The van der Waals surface area contributed by atoms with Crippen LogP contribution in [0.4, 0.5) is 13.2 Å². The van der Waals surface area contributed by atoms with Crippen LogP contribution in [0.25, 0.3) is 0 Å². The molecule has 1 aliphatic rings. The Balaban J connectivity index is 0.00000128. The number of hydrogen-bond acceptors (Lipinski definition) is 2. The van der Waals surface area contributed by atoms with Crippen LogP contribution in [-0.4, -0.2) is 19.2 Å². The molecule has 0 atom stereocenters. The first-order valence-corrected chi connectivity index (χ1v) is 4.60. The monoisotopic (exact) mass is 253 g/mol. The molecule has 0 unspecified atom stereocenters. The minimum Gasteiger partial charge on any atom is -0.488 e. The van der Waals surface area contributed by atoms with Gasteiger partial charge in [0.25, 0.3) is 0 Å². The molecule has 2 nitrogen and oxygen atoms in total. The first-order valence-electron chi connectivity index (χ1n) is 4.60. The van der Waals surface area contributed by atoms with Crippen LogP contribution in [-0.2, 0) is 6.18 Å². The van der Waals surface area contributed by atoms with E-state index < -0.39 is 11.7 Å². The molecule has 1 N–H and O–H groups in total. The zero-order chi connectivity index (χ0) is 10.9. The second-order valence-electron chi connectivity index (χ2n) is 3.42. The van der Waals surface area contributed by atoms with Crippen molar-refractivity contribution in [1.82, 2.24) is 5.32 Å². The van der Waals surface area contributed by atoms with Crippen molar-refractivity contribution in [3.63, 3.8) is 0 Å². The minimum absolute atomic E-state index is 0. The summed E-state index contributed by atoms with van der Waals surface area (Å²) in [4.78, 5) is 0. The van der Waals surface area contributed by atoms with E-state index in [-0.39, 0.29) is 18.5 Å². The second-order valence-corrected chi connectivity index (χ2v) is 3.42. The van der Waals surface area contributed by atoms with Crippen LogP contribution in [0.3, 0.4) is 0 Å². The molecule has 1 aromatic carbocycles. The van der Waals surface area contributed by atoms with E-state index in [1.54, 1.807) is 0 Å². The van der Waals surface area contributed by atoms with Crippen molar-refractivity contribution in [3.8, 4) is 5.75 Å². The third kappa shape index (κ3) is 3.02. The van der Waals surface area contributed by atoms with Crippen LogP contribution in [0.2, 0.25) is 0 Å². The van der Waals surface area contributed by atoms with E-state index in [2.05, 4.69) is 5.32 Å². The smallest absolute Gasteiger partial charge is 0.416 e. The lowest BCUT2D eigenvalue weighted by atomic mass is 10.2. The van der Waals surface area contributed by atoms with Crippen molar-refractivity contribution < 1.29 is 17.9 Å². The molecule has 0 aliphatic carbocycles. The first kappa shape index (κ1) is 13.1. The highest BCUT2D eigenvalue weighted by Gasteiger charge is 2.30. The Morgan fingerprint density at radius 2 is 1.69 bits per heavy atom. The summed E-state index contributed by atoms with van der Waals surface area (Å²) in [6.07, 6.45) is -4.20. The highest BCUT2D eigenvalue weighted by Crippen LogP contribution is 2.30. The fourth-order valence-corrected chi connectivity index (χ4v) is 1.26. The fraction of sp³-hybridized carbons (Fsp3) is 0.400. The molecule has 16 heavy (non-hydrogen) atoms. The number of halogens is 4. The fourth-order valence-electron chi connectivity index (χ4n) is 1.26. The summed E-state index contributed by atoms with van der Waals surface area (Å²) in [5, 5.41) is 3.01. The molecule has 1 heterocycles. The minimum atomic E-state index is -4.28. The second kappa shape index (κ2) is 4.93. The molecule has 0 saturated carbocycles. The number of nitrogens with one attached hydrogen (secondary N) is 1. The molecule has 0 spiro atoms. The molecule has 0 aromatic heterocycles. The van der Waals surface area contributed by atoms with Gasteiger partial charge in [-0.1, -0.05) is 0 Å². The van der Waals surface area contributed by atoms with E-state index >= 15 is 0 Å². The summed E-state index contributed by atoms with van der Waals surface area (Å²) < 4.78 is 42.0. The quantitative estimate of drug-likeness (QED) is 0.874. The molecular formula is C10H11ClF3NO. The average molecular weight is 254 g/mol. The zero-order valence-electron chi connectivity index (χ0n) is 8.25. The van der Waals surface area contributed by atoms with Crippen LogP contribution >= 0.6 is 12.4 Å². The van der Waals surface area contributed by atoms with E-state index in [9.17, 15) is 13.2 Å². The van der Waals surface area contributed by atoms with Gasteiger partial charge in [0, 0.05) is 13.1 Å². The van der Waals surface area contributed by atoms with E-state index in [0.29, 0.717) is 5.75 Å². The van der Waals surface area contributed by atoms with Gasteiger partial charge in [0.15, 0.2) is 0 Å². The Morgan fingerprint density at radius 1 is 1.12 bits per heavy atom. The van der Waals surface area contributed by atoms with E-state index in [1.807, 2.05) is 0 Å². The lowest BCUT2D eigenvalue weighted by Crippen LogP contribution is -2.50. The molecule has 0 amide bonds. The number of benzene rings is 1. The van der Waals surface area contributed by atoms with Gasteiger partial charge in [0.05, 0.1) is 5.56 Å². The van der Waals surface area contributed by atoms with Gasteiger partial charge in [-0.25, -0.2) is 0 Å². The Labute approximate surface area is 97.2 Å².